The Morgan fingerprint density at radius 3 is 2.79 bits per heavy atom. The van der Waals surface area contributed by atoms with Gasteiger partial charge in [-0.25, -0.2) is 4.98 Å². The third-order valence-corrected chi connectivity index (χ3v) is 2.99. The summed E-state index contributed by atoms with van der Waals surface area (Å²) in [7, 11) is 0. The van der Waals surface area contributed by atoms with Crippen LogP contribution in [-0.4, -0.2) is 29.7 Å². The van der Waals surface area contributed by atoms with Crippen molar-refractivity contribution in [2.45, 2.75) is 40.0 Å². The maximum atomic E-state index is 5.60. The van der Waals surface area contributed by atoms with Gasteiger partial charge in [0.1, 0.15) is 0 Å². The molecule has 5 nitrogen and oxygen atoms in total. The average Bonchev–Trinajstić information content (AvgIpc) is 2.40. The van der Waals surface area contributed by atoms with Crippen molar-refractivity contribution in [3.05, 3.63) is 11.8 Å². The van der Waals surface area contributed by atoms with E-state index in [1.165, 1.54) is 0 Å². The maximum Gasteiger partial charge on any atom is 0.226 e. The summed E-state index contributed by atoms with van der Waals surface area (Å²) in [5.41, 5.74) is 6.51. The zero-order chi connectivity index (χ0) is 14.1. The number of aromatic nitrogens is 2. The van der Waals surface area contributed by atoms with Crippen LogP contribution in [0.25, 0.3) is 0 Å². The second-order valence-corrected chi connectivity index (χ2v) is 4.75. The zero-order valence-corrected chi connectivity index (χ0v) is 12.3. The molecule has 19 heavy (non-hydrogen) atoms. The molecule has 1 rings (SSSR count). The van der Waals surface area contributed by atoms with E-state index < -0.39 is 0 Å². The van der Waals surface area contributed by atoms with Crippen molar-refractivity contribution in [1.82, 2.24) is 9.97 Å². The van der Waals surface area contributed by atoms with E-state index in [4.69, 9.17) is 10.5 Å². The van der Waals surface area contributed by atoms with E-state index in [0.717, 1.165) is 38.0 Å². The van der Waals surface area contributed by atoms with Crippen molar-refractivity contribution in [1.29, 1.82) is 0 Å². The number of hydrogen-bond acceptors (Lipinski definition) is 5. The number of rotatable bonds is 9. The minimum Gasteiger partial charge on any atom is -0.478 e. The average molecular weight is 266 g/mol. The molecule has 0 spiro atoms. The fourth-order valence-electron chi connectivity index (χ4n) is 1.82. The highest BCUT2D eigenvalue weighted by atomic mass is 16.5. The molecule has 5 heteroatoms. The minimum atomic E-state index is 0.564. The second-order valence-electron chi connectivity index (χ2n) is 4.75. The Morgan fingerprint density at radius 2 is 2.16 bits per heavy atom. The predicted molar refractivity (Wildman–Crippen MR) is 78.5 cm³/mol. The Hall–Kier alpha value is -1.36. The van der Waals surface area contributed by atoms with Crippen molar-refractivity contribution in [2.24, 2.45) is 11.7 Å². The van der Waals surface area contributed by atoms with Crippen LogP contribution < -0.4 is 15.8 Å². The molecule has 1 unspecified atom stereocenters. The molecule has 0 saturated heterocycles. The predicted octanol–water partition coefficient (Wildman–Crippen LogP) is 2.36. The highest BCUT2D eigenvalue weighted by Gasteiger charge is 2.07. The van der Waals surface area contributed by atoms with Crippen molar-refractivity contribution in [2.75, 3.05) is 25.0 Å². The van der Waals surface area contributed by atoms with Gasteiger partial charge >= 0.3 is 0 Å². The summed E-state index contributed by atoms with van der Waals surface area (Å²) < 4.78 is 5.55. The van der Waals surface area contributed by atoms with E-state index in [-0.39, 0.29) is 0 Å². The van der Waals surface area contributed by atoms with Crippen LogP contribution in [0.3, 0.4) is 0 Å². The third kappa shape index (κ3) is 5.87. The van der Waals surface area contributed by atoms with Crippen LogP contribution in [0.4, 0.5) is 5.95 Å². The Kier molecular flexibility index (Phi) is 7.18. The van der Waals surface area contributed by atoms with Gasteiger partial charge in [0.25, 0.3) is 0 Å². The number of ether oxygens (including phenoxy) is 1. The summed E-state index contributed by atoms with van der Waals surface area (Å²) in [5.74, 6) is 1.85. The first-order chi connectivity index (χ1) is 9.19. The Bertz CT molecular complexity index is 370. The molecule has 1 atom stereocenters. The van der Waals surface area contributed by atoms with E-state index in [9.17, 15) is 0 Å². The SMILES string of the molecule is CCCOc1cc(C)nc(NCC(CC)CCN)n1. The molecule has 108 valence electrons. The lowest BCUT2D eigenvalue weighted by molar-refractivity contribution is 0.305. The molecule has 0 aliphatic rings. The van der Waals surface area contributed by atoms with Gasteiger partial charge < -0.3 is 15.8 Å². The summed E-state index contributed by atoms with van der Waals surface area (Å²) in [5, 5.41) is 3.28. The van der Waals surface area contributed by atoms with Gasteiger partial charge in [0.15, 0.2) is 0 Å². The van der Waals surface area contributed by atoms with Crippen LogP contribution >= 0.6 is 0 Å². The standard InChI is InChI=1S/C14H26N4O/c1-4-8-19-13-9-11(3)17-14(18-13)16-10-12(5-2)6-7-15/h9,12H,4-8,10,15H2,1-3H3,(H,16,17,18). The van der Waals surface area contributed by atoms with Crippen molar-refractivity contribution >= 4 is 5.95 Å². The lowest BCUT2D eigenvalue weighted by Gasteiger charge is -2.15. The number of aryl methyl sites for hydroxylation is 1. The van der Waals surface area contributed by atoms with Gasteiger partial charge in [-0.3, -0.25) is 0 Å². The Morgan fingerprint density at radius 1 is 1.37 bits per heavy atom. The van der Waals surface area contributed by atoms with E-state index in [2.05, 4.69) is 29.1 Å². The smallest absolute Gasteiger partial charge is 0.226 e. The lowest BCUT2D eigenvalue weighted by Crippen LogP contribution is -2.18. The van der Waals surface area contributed by atoms with Crippen LogP contribution in [0, 0.1) is 12.8 Å². The first-order valence-corrected chi connectivity index (χ1v) is 7.12. The topological polar surface area (TPSA) is 73.1 Å². The Balaban J connectivity index is 2.59. The summed E-state index contributed by atoms with van der Waals surface area (Å²) in [6, 6.07) is 1.86. The van der Waals surface area contributed by atoms with Gasteiger partial charge in [0, 0.05) is 18.3 Å². The molecular weight excluding hydrogens is 240 g/mol. The summed E-state index contributed by atoms with van der Waals surface area (Å²) in [6.07, 6.45) is 3.10. The number of nitrogens with zero attached hydrogens (tertiary/aromatic N) is 2. The molecule has 0 fully saturated rings. The van der Waals surface area contributed by atoms with Crippen molar-refractivity contribution < 1.29 is 4.74 Å². The monoisotopic (exact) mass is 266 g/mol. The van der Waals surface area contributed by atoms with Gasteiger partial charge in [-0.2, -0.15) is 4.98 Å². The van der Waals surface area contributed by atoms with Crippen molar-refractivity contribution in [3.63, 3.8) is 0 Å². The molecule has 0 amide bonds. The number of anilines is 1. The quantitative estimate of drug-likeness (QED) is 0.718. The first kappa shape index (κ1) is 15.7. The molecule has 0 saturated carbocycles. The second kappa shape index (κ2) is 8.69. The van der Waals surface area contributed by atoms with E-state index >= 15 is 0 Å². The number of hydrogen-bond donors (Lipinski definition) is 2. The number of nitrogens with one attached hydrogen (secondary N) is 1. The molecule has 3 N–H and O–H groups in total. The van der Waals surface area contributed by atoms with Gasteiger partial charge in [-0.1, -0.05) is 20.3 Å². The van der Waals surface area contributed by atoms with Crippen LogP contribution in [0.15, 0.2) is 6.07 Å². The summed E-state index contributed by atoms with van der Waals surface area (Å²) in [6.45, 7) is 8.45. The van der Waals surface area contributed by atoms with Crippen molar-refractivity contribution in [3.8, 4) is 5.88 Å². The minimum absolute atomic E-state index is 0.564. The normalized spacial score (nSPS) is 12.2. The molecule has 0 aromatic carbocycles. The molecule has 0 aliphatic carbocycles. The number of nitrogens with two attached hydrogens (primary N) is 1. The van der Waals surface area contributed by atoms with E-state index in [1.807, 2.05) is 13.0 Å². The molecule has 1 aromatic heterocycles. The van der Waals surface area contributed by atoms with Gasteiger partial charge in [-0.05, 0) is 32.2 Å². The van der Waals surface area contributed by atoms with E-state index in [1.54, 1.807) is 0 Å². The molecule has 0 radical (unpaired) electrons. The summed E-state index contributed by atoms with van der Waals surface area (Å²) >= 11 is 0. The van der Waals surface area contributed by atoms with Crippen LogP contribution in [-0.2, 0) is 0 Å². The molecule has 0 bridgehead atoms. The van der Waals surface area contributed by atoms with Gasteiger partial charge in [0.2, 0.25) is 11.8 Å². The first-order valence-electron chi connectivity index (χ1n) is 7.12. The van der Waals surface area contributed by atoms with Gasteiger partial charge in [0.05, 0.1) is 6.61 Å². The fraction of sp³-hybridized carbons (Fsp3) is 0.714. The fourth-order valence-corrected chi connectivity index (χ4v) is 1.82. The van der Waals surface area contributed by atoms with E-state index in [0.29, 0.717) is 24.4 Å². The summed E-state index contributed by atoms with van der Waals surface area (Å²) in [4.78, 5) is 8.74. The Labute approximate surface area is 116 Å². The third-order valence-electron chi connectivity index (χ3n) is 2.99. The molecule has 0 aliphatic heterocycles. The van der Waals surface area contributed by atoms with Gasteiger partial charge in [-0.15, -0.1) is 0 Å². The van der Waals surface area contributed by atoms with Crippen LogP contribution in [0.2, 0.25) is 0 Å². The molecular formula is C14H26N4O. The molecule has 1 aromatic rings. The lowest BCUT2D eigenvalue weighted by atomic mass is 10.0. The highest BCUT2D eigenvalue weighted by Crippen LogP contribution is 2.14. The molecule has 1 heterocycles. The maximum absolute atomic E-state index is 5.60. The van der Waals surface area contributed by atoms with Crippen LogP contribution in [0.1, 0.15) is 38.8 Å². The zero-order valence-electron chi connectivity index (χ0n) is 12.3. The highest BCUT2D eigenvalue weighted by molar-refractivity contribution is 5.30. The van der Waals surface area contributed by atoms with Crippen LogP contribution in [0.5, 0.6) is 5.88 Å². The largest absolute Gasteiger partial charge is 0.478 e.